The molecule has 4 rings (SSSR count). The maximum Gasteiger partial charge on any atom is 0.149 e. The van der Waals surface area contributed by atoms with Gasteiger partial charge >= 0.3 is 0 Å². The first-order chi connectivity index (χ1) is 8.93. The molecular weight excluding hydrogens is 244 g/mol. The van der Waals surface area contributed by atoms with Gasteiger partial charge in [0.25, 0.3) is 0 Å². The third-order valence-corrected chi connectivity index (χ3v) is 4.12. The summed E-state index contributed by atoms with van der Waals surface area (Å²) in [5.74, 6) is 0. The van der Waals surface area contributed by atoms with Crippen molar-refractivity contribution in [2.45, 2.75) is 6.04 Å². The van der Waals surface area contributed by atoms with Gasteiger partial charge in [0.2, 0.25) is 0 Å². The van der Waals surface area contributed by atoms with Crippen molar-refractivity contribution < 1.29 is 0 Å². The zero-order chi connectivity index (χ0) is 11.9. The molecule has 0 aliphatic carbocycles. The highest BCUT2D eigenvalue weighted by molar-refractivity contribution is 7.19. The monoisotopic (exact) mass is 252 g/mol. The second-order valence-electron chi connectivity index (χ2n) is 4.04. The van der Waals surface area contributed by atoms with Crippen molar-refractivity contribution in [2.24, 2.45) is 10.2 Å². The van der Waals surface area contributed by atoms with Crippen molar-refractivity contribution in [3.63, 3.8) is 0 Å². The van der Waals surface area contributed by atoms with Gasteiger partial charge in [0.05, 0.1) is 15.3 Å². The molecule has 1 aliphatic rings. The van der Waals surface area contributed by atoms with Crippen LogP contribution in [-0.2, 0) is 0 Å². The maximum absolute atomic E-state index is 4.38. The van der Waals surface area contributed by atoms with E-state index in [0.717, 1.165) is 26.5 Å². The van der Waals surface area contributed by atoms with Crippen molar-refractivity contribution in [3.8, 4) is 0 Å². The lowest BCUT2D eigenvalue weighted by Crippen LogP contribution is -1.94. The highest BCUT2D eigenvalue weighted by Crippen LogP contribution is 2.48. The molecule has 18 heavy (non-hydrogen) atoms. The molecule has 1 aliphatic heterocycles. The Morgan fingerprint density at radius 2 is 1.94 bits per heavy atom. The standard InChI is InChI=1S/C13H8N4S/c1-2-6-14-8(4-1)10-13-12(17-16-10)11-9(18-13)5-3-7-15-11/h1-7,10H. The molecule has 3 aromatic rings. The van der Waals surface area contributed by atoms with E-state index in [9.17, 15) is 0 Å². The minimum absolute atomic E-state index is 0.0691. The van der Waals surface area contributed by atoms with Gasteiger partial charge in [0.1, 0.15) is 17.2 Å². The lowest BCUT2D eigenvalue weighted by molar-refractivity contribution is 0.834. The fourth-order valence-electron chi connectivity index (χ4n) is 2.12. The molecule has 3 aromatic heterocycles. The van der Waals surface area contributed by atoms with E-state index in [-0.39, 0.29) is 6.04 Å². The number of nitrogens with zero attached hydrogens (tertiary/aromatic N) is 4. The van der Waals surface area contributed by atoms with Crippen molar-refractivity contribution in [2.75, 3.05) is 0 Å². The summed E-state index contributed by atoms with van der Waals surface area (Å²) in [6, 6.07) is 9.80. The minimum Gasteiger partial charge on any atom is -0.259 e. The number of aromatic nitrogens is 2. The minimum atomic E-state index is -0.0691. The fraction of sp³-hybridized carbons (Fsp3) is 0.0769. The van der Waals surface area contributed by atoms with Crippen LogP contribution in [0.1, 0.15) is 16.6 Å². The van der Waals surface area contributed by atoms with Gasteiger partial charge in [0.15, 0.2) is 0 Å². The van der Waals surface area contributed by atoms with E-state index in [1.807, 2.05) is 24.3 Å². The molecule has 0 radical (unpaired) electrons. The third-order valence-electron chi connectivity index (χ3n) is 2.94. The van der Waals surface area contributed by atoms with Gasteiger partial charge in [0, 0.05) is 12.4 Å². The summed E-state index contributed by atoms with van der Waals surface area (Å²) < 4.78 is 1.15. The van der Waals surface area contributed by atoms with Crippen LogP contribution < -0.4 is 0 Å². The fourth-order valence-corrected chi connectivity index (χ4v) is 3.26. The van der Waals surface area contributed by atoms with Gasteiger partial charge in [-0.15, -0.1) is 11.3 Å². The van der Waals surface area contributed by atoms with E-state index in [1.54, 1.807) is 23.7 Å². The first-order valence-corrected chi connectivity index (χ1v) is 6.44. The Balaban J connectivity index is 1.93. The Hall–Kier alpha value is -2.14. The highest BCUT2D eigenvalue weighted by atomic mass is 32.1. The highest BCUT2D eigenvalue weighted by Gasteiger charge is 2.28. The summed E-state index contributed by atoms with van der Waals surface area (Å²) >= 11 is 1.70. The van der Waals surface area contributed by atoms with Gasteiger partial charge in [-0.3, -0.25) is 9.97 Å². The quantitative estimate of drug-likeness (QED) is 0.660. The van der Waals surface area contributed by atoms with Crippen LogP contribution in [0, 0.1) is 0 Å². The topological polar surface area (TPSA) is 50.5 Å². The Bertz CT molecular complexity index is 748. The Morgan fingerprint density at radius 1 is 1.00 bits per heavy atom. The van der Waals surface area contributed by atoms with E-state index >= 15 is 0 Å². The zero-order valence-corrected chi connectivity index (χ0v) is 10.1. The molecule has 0 aromatic carbocycles. The van der Waals surface area contributed by atoms with Crippen LogP contribution in [0.25, 0.3) is 10.2 Å². The molecule has 1 atom stereocenters. The SMILES string of the molecule is c1ccc(C2N=Nc3c2sc2cccnc32)nc1. The van der Waals surface area contributed by atoms with Gasteiger partial charge in [-0.05, 0) is 24.3 Å². The molecule has 0 fully saturated rings. The zero-order valence-electron chi connectivity index (χ0n) is 9.32. The molecule has 0 bridgehead atoms. The van der Waals surface area contributed by atoms with Crippen LogP contribution >= 0.6 is 11.3 Å². The molecule has 4 heterocycles. The number of azo groups is 1. The molecule has 4 nitrogen and oxygen atoms in total. The summed E-state index contributed by atoms with van der Waals surface area (Å²) in [6.45, 7) is 0. The summed E-state index contributed by atoms with van der Waals surface area (Å²) in [7, 11) is 0. The molecule has 86 valence electrons. The number of fused-ring (bicyclic) bond motifs is 3. The average molecular weight is 252 g/mol. The van der Waals surface area contributed by atoms with Crippen LogP contribution in [0.4, 0.5) is 5.69 Å². The van der Waals surface area contributed by atoms with Gasteiger partial charge in [-0.1, -0.05) is 6.07 Å². The van der Waals surface area contributed by atoms with E-state index in [1.165, 1.54) is 0 Å². The largest absolute Gasteiger partial charge is 0.259 e. The van der Waals surface area contributed by atoms with Crippen LogP contribution in [0.3, 0.4) is 0 Å². The van der Waals surface area contributed by atoms with Crippen molar-refractivity contribution in [3.05, 3.63) is 53.3 Å². The first-order valence-electron chi connectivity index (χ1n) is 5.63. The number of rotatable bonds is 1. The molecule has 0 N–H and O–H groups in total. The molecule has 0 saturated carbocycles. The van der Waals surface area contributed by atoms with Gasteiger partial charge < -0.3 is 0 Å². The van der Waals surface area contributed by atoms with Crippen LogP contribution in [-0.4, -0.2) is 9.97 Å². The van der Waals surface area contributed by atoms with Crippen molar-refractivity contribution >= 4 is 27.2 Å². The van der Waals surface area contributed by atoms with E-state index in [2.05, 4.69) is 26.3 Å². The molecule has 0 saturated heterocycles. The smallest absolute Gasteiger partial charge is 0.149 e. The molecule has 5 heteroatoms. The van der Waals surface area contributed by atoms with Crippen molar-refractivity contribution in [1.29, 1.82) is 0 Å². The van der Waals surface area contributed by atoms with Gasteiger partial charge in [-0.2, -0.15) is 10.2 Å². The number of pyridine rings is 2. The predicted molar refractivity (Wildman–Crippen MR) is 70.2 cm³/mol. The van der Waals surface area contributed by atoms with Gasteiger partial charge in [-0.25, -0.2) is 0 Å². The maximum atomic E-state index is 4.38. The summed E-state index contributed by atoms with van der Waals surface area (Å²) in [5.41, 5.74) is 2.79. The van der Waals surface area contributed by atoms with Crippen LogP contribution in [0.2, 0.25) is 0 Å². The Kier molecular flexibility index (Phi) is 2.01. The number of hydrogen-bond acceptors (Lipinski definition) is 5. The average Bonchev–Trinajstić information content (AvgIpc) is 2.98. The predicted octanol–water partition coefficient (Wildman–Crippen LogP) is 3.88. The Labute approximate surface area is 107 Å². The summed E-state index contributed by atoms with van der Waals surface area (Å²) in [5, 5.41) is 8.60. The molecule has 1 unspecified atom stereocenters. The van der Waals surface area contributed by atoms with Crippen LogP contribution in [0.15, 0.2) is 53.0 Å². The van der Waals surface area contributed by atoms with E-state index in [4.69, 9.17) is 0 Å². The summed E-state index contributed by atoms with van der Waals surface area (Å²) in [4.78, 5) is 9.88. The molecule has 0 spiro atoms. The summed E-state index contributed by atoms with van der Waals surface area (Å²) in [6.07, 6.45) is 3.58. The Morgan fingerprint density at radius 3 is 2.83 bits per heavy atom. The molecule has 0 amide bonds. The lowest BCUT2D eigenvalue weighted by Gasteiger charge is -2.03. The second kappa shape index (κ2) is 3.68. The number of thiophene rings is 1. The van der Waals surface area contributed by atoms with E-state index in [0.29, 0.717) is 0 Å². The van der Waals surface area contributed by atoms with Crippen molar-refractivity contribution in [1.82, 2.24) is 9.97 Å². The first kappa shape index (κ1) is 9.85. The number of hydrogen-bond donors (Lipinski definition) is 0. The van der Waals surface area contributed by atoms with Crippen LogP contribution in [0.5, 0.6) is 0 Å². The third kappa shape index (κ3) is 1.31. The van der Waals surface area contributed by atoms with E-state index < -0.39 is 0 Å². The molecular formula is C13H8N4S. The second-order valence-corrected chi connectivity index (χ2v) is 5.12. The lowest BCUT2D eigenvalue weighted by atomic mass is 10.1. The normalized spacial score (nSPS) is 17.2.